The predicted molar refractivity (Wildman–Crippen MR) is 85.1 cm³/mol. The number of likely N-dealkylation sites (tertiary alicyclic amines) is 1. The zero-order valence-electron chi connectivity index (χ0n) is 13.9. The quantitative estimate of drug-likeness (QED) is 0.834. The van der Waals surface area contributed by atoms with Gasteiger partial charge in [-0.3, -0.25) is 0 Å². The normalized spacial score (nSPS) is 49.1. The molecule has 120 valence electrons. The first-order valence-electron chi connectivity index (χ1n) is 9.09. The molecule has 4 aliphatic carbocycles. The van der Waals surface area contributed by atoms with Crippen molar-refractivity contribution < 1.29 is 5.11 Å². The van der Waals surface area contributed by atoms with E-state index in [9.17, 15) is 5.11 Å². The van der Waals surface area contributed by atoms with Crippen molar-refractivity contribution in [1.82, 2.24) is 10.2 Å². The van der Waals surface area contributed by atoms with Crippen LogP contribution in [0.25, 0.3) is 0 Å². The summed E-state index contributed by atoms with van der Waals surface area (Å²) in [4.78, 5) is 2.69. The summed E-state index contributed by atoms with van der Waals surface area (Å²) in [5.74, 6) is 2.09. The summed E-state index contributed by atoms with van der Waals surface area (Å²) in [5, 5.41) is 14.8. The average molecular weight is 292 g/mol. The van der Waals surface area contributed by atoms with Gasteiger partial charge in [-0.25, -0.2) is 0 Å². The Morgan fingerprint density at radius 1 is 1.14 bits per heavy atom. The Morgan fingerprint density at radius 3 is 2.52 bits per heavy atom. The molecular weight excluding hydrogens is 260 g/mol. The lowest BCUT2D eigenvalue weighted by molar-refractivity contribution is -0.209. The molecule has 0 amide bonds. The van der Waals surface area contributed by atoms with Gasteiger partial charge in [0.05, 0.1) is 5.60 Å². The highest BCUT2D eigenvalue weighted by Gasteiger charge is 2.62. The molecule has 5 atom stereocenters. The molecule has 0 radical (unpaired) electrons. The molecule has 4 saturated carbocycles. The van der Waals surface area contributed by atoms with Crippen molar-refractivity contribution in [3.05, 3.63) is 0 Å². The molecule has 2 bridgehead atoms. The van der Waals surface area contributed by atoms with E-state index in [1.807, 2.05) is 0 Å². The number of hydrogen-bond acceptors (Lipinski definition) is 3. The Morgan fingerprint density at radius 2 is 1.90 bits per heavy atom. The third-order valence-corrected chi connectivity index (χ3v) is 7.44. The molecule has 5 rings (SSSR count). The average Bonchev–Trinajstić information content (AvgIpc) is 3.15. The molecule has 1 saturated heterocycles. The summed E-state index contributed by atoms with van der Waals surface area (Å²) in [6.07, 6.45) is 6.59. The van der Waals surface area contributed by atoms with Crippen LogP contribution in [-0.4, -0.2) is 47.3 Å². The van der Waals surface area contributed by atoms with Crippen molar-refractivity contribution >= 4 is 0 Å². The van der Waals surface area contributed by atoms with Gasteiger partial charge in [-0.1, -0.05) is 13.8 Å². The van der Waals surface area contributed by atoms with Gasteiger partial charge in [-0.15, -0.1) is 0 Å². The SMILES string of the molecule is CC1(C)[C@H]2C[C@H](NC[C@@H]3CCN(C4CC4)C3)[C@](C)(O)[C@H]1C2. The molecule has 0 aromatic rings. The van der Waals surface area contributed by atoms with E-state index >= 15 is 0 Å². The molecule has 3 heteroatoms. The lowest BCUT2D eigenvalue weighted by Crippen LogP contribution is -2.69. The third kappa shape index (κ3) is 2.27. The lowest BCUT2D eigenvalue weighted by Gasteiger charge is -2.65. The van der Waals surface area contributed by atoms with Gasteiger partial charge in [0.1, 0.15) is 0 Å². The molecule has 0 spiro atoms. The summed E-state index contributed by atoms with van der Waals surface area (Å²) in [6.45, 7) is 10.5. The molecule has 0 unspecified atom stereocenters. The van der Waals surface area contributed by atoms with Crippen LogP contribution < -0.4 is 5.32 Å². The summed E-state index contributed by atoms with van der Waals surface area (Å²) < 4.78 is 0. The zero-order valence-corrected chi connectivity index (χ0v) is 13.9. The van der Waals surface area contributed by atoms with Crippen LogP contribution in [0.1, 0.15) is 52.9 Å². The first kappa shape index (κ1) is 14.5. The van der Waals surface area contributed by atoms with E-state index in [1.165, 1.54) is 38.8 Å². The first-order valence-corrected chi connectivity index (χ1v) is 9.09. The molecule has 5 fully saturated rings. The standard InChI is InChI=1S/C18H32N2O/c1-17(2)13-8-15(17)18(3,21)16(9-13)19-10-12-6-7-20(11-12)14-4-5-14/h12-16,19,21H,4-11H2,1-3H3/t12-,13+,15-,16-,18+/m0/s1. The largest absolute Gasteiger partial charge is 0.388 e. The maximum atomic E-state index is 11.0. The fourth-order valence-electron chi connectivity index (χ4n) is 5.57. The highest BCUT2D eigenvalue weighted by atomic mass is 16.3. The maximum Gasteiger partial charge on any atom is 0.0805 e. The van der Waals surface area contributed by atoms with E-state index < -0.39 is 5.60 Å². The van der Waals surface area contributed by atoms with Crippen molar-refractivity contribution in [2.75, 3.05) is 19.6 Å². The second kappa shape index (κ2) is 4.69. The zero-order chi connectivity index (χ0) is 14.8. The number of nitrogens with one attached hydrogen (secondary N) is 1. The minimum Gasteiger partial charge on any atom is -0.388 e. The van der Waals surface area contributed by atoms with Gasteiger partial charge in [0, 0.05) is 18.6 Å². The van der Waals surface area contributed by atoms with E-state index in [4.69, 9.17) is 0 Å². The monoisotopic (exact) mass is 292 g/mol. The fourth-order valence-corrected chi connectivity index (χ4v) is 5.57. The molecule has 5 aliphatic rings. The number of hydrogen-bond donors (Lipinski definition) is 2. The molecule has 21 heavy (non-hydrogen) atoms. The van der Waals surface area contributed by atoms with Crippen LogP contribution in [0.15, 0.2) is 0 Å². The lowest BCUT2D eigenvalue weighted by atomic mass is 9.43. The maximum absolute atomic E-state index is 11.0. The van der Waals surface area contributed by atoms with Crippen LogP contribution in [0.4, 0.5) is 0 Å². The van der Waals surface area contributed by atoms with Gasteiger partial charge in [0.15, 0.2) is 0 Å². The van der Waals surface area contributed by atoms with E-state index in [2.05, 4.69) is 31.0 Å². The van der Waals surface area contributed by atoms with Crippen molar-refractivity contribution in [3.8, 4) is 0 Å². The summed E-state index contributed by atoms with van der Waals surface area (Å²) >= 11 is 0. The molecule has 2 N–H and O–H groups in total. The molecular formula is C18H32N2O. The van der Waals surface area contributed by atoms with E-state index in [0.717, 1.165) is 30.8 Å². The second-order valence-corrected chi connectivity index (χ2v) is 9.11. The Bertz CT molecular complexity index is 415. The first-order chi connectivity index (χ1) is 9.89. The number of aliphatic hydroxyl groups is 1. The van der Waals surface area contributed by atoms with Gasteiger partial charge in [-0.2, -0.15) is 0 Å². The minimum atomic E-state index is -0.521. The molecule has 3 nitrogen and oxygen atoms in total. The predicted octanol–water partition coefficient (Wildman–Crippen LogP) is 2.25. The van der Waals surface area contributed by atoms with E-state index in [-0.39, 0.29) is 0 Å². The summed E-state index contributed by atoms with van der Waals surface area (Å²) in [5.41, 5.74) is -0.176. The number of fused-ring (bicyclic) bond motifs is 2. The second-order valence-electron chi connectivity index (χ2n) is 9.11. The summed E-state index contributed by atoms with van der Waals surface area (Å²) in [6, 6.07) is 1.23. The van der Waals surface area contributed by atoms with Crippen LogP contribution in [0.2, 0.25) is 0 Å². The third-order valence-electron chi connectivity index (χ3n) is 7.44. The van der Waals surface area contributed by atoms with Gasteiger partial charge in [-0.05, 0) is 75.3 Å². The van der Waals surface area contributed by atoms with E-state index in [0.29, 0.717) is 17.4 Å². The Hall–Kier alpha value is -0.120. The number of rotatable bonds is 4. The smallest absolute Gasteiger partial charge is 0.0805 e. The van der Waals surface area contributed by atoms with Crippen LogP contribution in [0, 0.1) is 23.2 Å². The highest BCUT2D eigenvalue weighted by molar-refractivity contribution is 5.14. The van der Waals surface area contributed by atoms with Crippen LogP contribution in [0.3, 0.4) is 0 Å². The van der Waals surface area contributed by atoms with Gasteiger partial charge >= 0.3 is 0 Å². The molecule has 1 heterocycles. The highest BCUT2D eigenvalue weighted by Crippen LogP contribution is 2.62. The van der Waals surface area contributed by atoms with Crippen LogP contribution >= 0.6 is 0 Å². The summed E-state index contributed by atoms with van der Waals surface area (Å²) in [7, 11) is 0. The minimum absolute atomic E-state index is 0.309. The van der Waals surface area contributed by atoms with Gasteiger partial charge in [0.2, 0.25) is 0 Å². The van der Waals surface area contributed by atoms with Gasteiger partial charge < -0.3 is 15.3 Å². The topological polar surface area (TPSA) is 35.5 Å². The Labute approximate surface area is 129 Å². The van der Waals surface area contributed by atoms with Crippen molar-refractivity contribution in [2.45, 2.75) is 70.6 Å². The Kier molecular flexibility index (Phi) is 3.23. The van der Waals surface area contributed by atoms with Gasteiger partial charge in [0.25, 0.3) is 0 Å². The van der Waals surface area contributed by atoms with Crippen molar-refractivity contribution in [1.29, 1.82) is 0 Å². The van der Waals surface area contributed by atoms with Crippen LogP contribution in [0.5, 0.6) is 0 Å². The van der Waals surface area contributed by atoms with E-state index in [1.54, 1.807) is 0 Å². The Balaban J connectivity index is 1.31. The fraction of sp³-hybridized carbons (Fsp3) is 1.00. The van der Waals surface area contributed by atoms with Crippen molar-refractivity contribution in [2.24, 2.45) is 23.2 Å². The molecule has 1 aliphatic heterocycles. The number of nitrogens with zero attached hydrogens (tertiary/aromatic N) is 1. The molecule has 0 aromatic carbocycles. The molecule has 0 aromatic heterocycles. The van der Waals surface area contributed by atoms with Crippen molar-refractivity contribution in [3.63, 3.8) is 0 Å². The van der Waals surface area contributed by atoms with Crippen LogP contribution in [-0.2, 0) is 0 Å².